The predicted octanol–water partition coefficient (Wildman–Crippen LogP) is 2.58. The van der Waals surface area contributed by atoms with Crippen molar-refractivity contribution < 1.29 is 13.9 Å². The second kappa shape index (κ2) is 6.26. The molecule has 0 spiro atoms. The van der Waals surface area contributed by atoms with E-state index in [2.05, 4.69) is 5.32 Å². The molecule has 1 heterocycles. The van der Waals surface area contributed by atoms with E-state index in [0.29, 0.717) is 5.76 Å². The first-order valence-electron chi connectivity index (χ1n) is 6.55. The molecule has 5 nitrogen and oxygen atoms in total. The van der Waals surface area contributed by atoms with Gasteiger partial charge in [-0.05, 0) is 38.0 Å². The quantitative estimate of drug-likeness (QED) is 0.938. The lowest BCUT2D eigenvalue weighted by Gasteiger charge is -2.10. The number of nitrogens with one attached hydrogen (secondary N) is 1. The van der Waals surface area contributed by atoms with Crippen molar-refractivity contribution in [2.24, 2.45) is 0 Å². The molecule has 5 heteroatoms. The average molecular weight is 287 g/mol. The van der Waals surface area contributed by atoms with Crippen molar-refractivity contribution in [1.82, 2.24) is 0 Å². The zero-order valence-electron chi connectivity index (χ0n) is 12.2. The van der Waals surface area contributed by atoms with Crippen LogP contribution >= 0.6 is 0 Å². The zero-order chi connectivity index (χ0) is 15.4. The monoisotopic (exact) mass is 287 g/mol. The number of ether oxygens (including phenoxy) is 1. The molecule has 1 aromatic carbocycles. The normalized spacial score (nSPS) is 10.2. The summed E-state index contributed by atoms with van der Waals surface area (Å²) in [6.07, 6.45) is 1.29. The Labute approximate surface area is 122 Å². The van der Waals surface area contributed by atoms with Gasteiger partial charge in [-0.15, -0.1) is 0 Å². The minimum absolute atomic E-state index is 0.0635. The average Bonchev–Trinajstić information content (AvgIpc) is 2.42. The van der Waals surface area contributed by atoms with Crippen molar-refractivity contribution in [2.75, 3.05) is 11.9 Å². The van der Waals surface area contributed by atoms with E-state index in [1.54, 1.807) is 6.92 Å². The number of hydrogen-bond acceptors (Lipinski definition) is 4. The minimum atomic E-state index is -0.327. The maximum Gasteiger partial charge on any atom is 0.262 e. The van der Waals surface area contributed by atoms with Crippen molar-refractivity contribution in [1.29, 1.82) is 0 Å². The van der Waals surface area contributed by atoms with Gasteiger partial charge in [0.15, 0.2) is 6.61 Å². The van der Waals surface area contributed by atoms with Crippen molar-refractivity contribution >= 4 is 11.6 Å². The third kappa shape index (κ3) is 3.72. The topological polar surface area (TPSA) is 68.5 Å². The fraction of sp³-hybridized carbons (Fsp3) is 0.250. The fourth-order valence-corrected chi connectivity index (χ4v) is 1.87. The number of aryl methyl sites for hydroxylation is 3. The molecular formula is C16H17NO4. The summed E-state index contributed by atoms with van der Waals surface area (Å²) in [7, 11) is 0. The van der Waals surface area contributed by atoms with Gasteiger partial charge in [0.25, 0.3) is 5.91 Å². The van der Waals surface area contributed by atoms with E-state index in [0.717, 1.165) is 16.8 Å². The molecule has 0 atom stereocenters. The molecule has 0 bridgehead atoms. The van der Waals surface area contributed by atoms with Crippen LogP contribution in [0.1, 0.15) is 16.9 Å². The Balaban J connectivity index is 2.03. The lowest BCUT2D eigenvalue weighted by atomic mass is 10.1. The fourth-order valence-electron chi connectivity index (χ4n) is 1.87. The van der Waals surface area contributed by atoms with E-state index in [4.69, 9.17) is 9.15 Å². The van der Waals surface area contributed by atoms with Crippen LogP contribution in [0.4, 0.5) is 5.69 Å². The maximum absolute atomic E-state index is 11.9. The Kier molecular flexibility index (Phi) is 4.42. The molecule has 0 aliphatic carbocycles. The van der Waals surface area contributed by atoms with Gasteiger partial charge in [-0.25, -0.2) is 0 Å². The first-order chi connectivity index (χ1) is 9.97. The minimum Gasteiger partial charge on any atom is -0.476 e. The van der Waals surface area contributed by atoms with Crippen LogP contribution in [0, 0.1) is 20.8 Å². The summed E-state index contributed by atoms with van der Waals surface area (Å²) in [6.45, 7) is 5.22. The highest BCUT2D eigenvalue weighted by molar-refractivity contribution is 5.92. The zero-order valence-corrected chi connectivity index (χ0v) is 12.2. The molecule has 1 aromatic heterocycles. The third-order valence-corrected chi connectivity index (χ3v) is 3.02. The number of anilines is 1. The van der Waals surface area contributed by atoms with Gasteiger partial charge in [-0.1, -0.05) is 12.1 Å². The molecule has 1 N–H and O–H groups in total. The summed E-state index contributed by atoms with van der Waals surface area (Å²) in [5.74, 6) is 0.0852. The summed E-state index contributed by atoms with van der Waals surface area (Å²) in [4.78, 5) is 23.5. The van der Waals surface area contributed by atoms with Crippen LogP contribution in [0.25, 0.3) is 0 Å². The molecule has 0 radical (unpaired) electrons. The van der Waals surface area contributed by atoms with Crippen LogP contribution in [0.5, 0.6) is 5.75 Å². The molecule has 0 aliphatic heterocycles. The van der Waals surface area contributed by atoms with Gasteiger partial charge in [0, 0.05) is 11.8 Å². The molecule has 0 saturated heterocycles. The molecule has 0 aliphatic rings. The highest BCUT2D eigenvalue weighted by atomic mass is 16.5. The molecule has 21 heavy (non-hydrogen) atoms. The Morgan fingerprint density at radius 2 is 2.00 bits per heavy atom. The van der Waals surface area contributed by atoms with Crippen LogP contribution in [-0.2, 0) is 4.79 Å². The number of hydrogen-bond donors (Lipinski definition) is 1. The first kappa shape index (κ1) is 14.8. The van der Waals surface area contributed by atoms with Crippen molar-refractivity contribution in [3.05, 3.63) is 57.6 Å². The molecule has 2 aromatic rings. The van der Waals surface area contributed by atoms with Crippen LogP contribution in [0.15, 0.2) is 39.7 Å². The van der Waals surface area contributed by atoms with Gasteiger partial charge in [-0.3, -0.25) is 9.59 Å². The van der Waals surface area contributed by atoms with Gasteiger partial charge in [0.1, 0.15) is 5.76 Å². The Hall–Kier alpha value is -2.56. The van der Waals surface area contributed by atoms with Crippen molar-refractivity contribution in [2.45, 2.75) is 20.8 Å². The van der Waals surface area contributed by atoms with E-state index in [1.165, 1.54) is 12.3 Å². The first-order valence-corrected chi connectivity index (χ1v) is 6.55. The Bertz CT molecular complexity index is 718. The SMILES string of the molecule is Cc1ccc(C)c(NC(=O)COc2c(C)occc2=O)c1. The van der Waals surface area contributed by atoms with Crippen molar-refractivity contribution in [3.63, 3.8) is 0 Å². The standard InChI is InChI=1S/C16H17NO4/c1-10-4-5-11(2)13(8-10)17-15(19)9-21-16-12(3)20-7-6-14(16)18/h4-8H,9H2,1-3H3,(H,17,19). The van der Waals surface area contributed by atoms with Crippen LogP contribution in [-0.4, -0.2) is 12.5 Å². The second-order valence-electron chi connectivity index (χ2n) is 4.83. The van der Waals surface area contributed by atoms with E-state index in [1.807, 2.05) is 32.0 Å². The summed E-state index contributed by atoms with van der Waals surface area (Å²) < 4.78 is 10.3. The van der Waals surface area contributed by atoms with E-state index < -0.39 is 0 Å². The van der Waals surface area contributed by atoms with Crippen LogP contribution < -0.4 is 15.5 Å². The number of amides is 1. The lowest BCUT2D eigenvalue weighted by molar-refractivity contribution is -0.118. The maximum atomic E-state index is 11.9. The molecule has 2 rings (SSSR count). The molecular weight excluding hydrogens is 270 g/mol. The third-order valence-electron chi connectivity index (χ3n) is 3.02. The molecule has 0 saturated carbocycles. The van der Waals surface area contributed by atoms with E-state index >= 15 is 0 Å². The van der Waals surface area contributed by atoms with Crippen LogP contribution in [0.2, 0.25) is 0 Å². The number of carbonyl (C=O) groups excluding carboxylic acids is 1. The molecule has 0 unspecified atom stereocenters. The smallest absolute Gasteiger partial charge is 0.262 e. The number of rotatable bonds is 4. The van der Waals surface area contributed by atoms with Crippen LogP contribution in [0.3, 0.4) is 0 Å². The Morgan fingerprint density at radius 1 is 1.24 bits per heavy atom. The summed E-state index contributed by atoms with van der Waals surface area (Å²) >= 11 is 0. The lowest BCUT2D eigenvalue weighted by Crippen LogP contribution is -2.22. The highest BCUT2D eigenvalue weighted by Gasteiger charge is 2.10. The molecule has 1 amide bonds. The van der Waals surface area contributed by atoms with E-state index in [9.17, 15) is 9.59 Å². The number of carbonyl (C=O) groups is 1. The van der Waals surface area contributed by atoms with Gasteiger partial charge < -0.3 is 14.5 Å². The van der Waals surface area contributed by atoms with Crippen molar-refractivity contribution in [3.8, 4) is 5.75 Å². The number of benzene rings is 1. The van der Waals surface area contributed by atoms with Gasteiger partial charge in [0.2, 0.25) is 11.2 Å². The van der Waals surface area contributed by atoms with Gasteiger partial charge in [-0.2, -0.15) is 0 Å². The Morgan fingerprint density at radius 3 is 2.71 bits per heavy atom. The van der Waals surface area contributed by atoms with Gasteiger partial charge in [0.05, 0.1) is 6.26 Å². The summed E-state index contributed by atoms with van der Waals surface area (Å²) in [5.41, 5.74) is 2.44. The predicted molar refractivity (Wildman–Crippen MR) is 79.8 cm³/mol. The van der Waals surface area contributed by atoms with Gasteiger partial charge >= 0.3 is 0 Å². The molecule has 0 fully saturated rings. The second-order valence-corrected chi connectivity index (χ2v) is 4.83. The summed E-state index contributed by atoms with van der Waals surface area (Å²) in [5, 5.41) is 2.76. The molecule has 110 valence electrons. The van der Waals surface area contributed by atoms with E-state index in [-0.39, 0.29) is 23.7 Å². The highest BCUT2D eigenvalue weighted by Crippen LogP contribution is 2.16. The summed E-state index contributed by atoms with van der Waals surface area (Å²) in [6, 6.07) is 7.04. The largest absolute Gasteiger partial charge is 0.476 e.